The molecule has 0 unspecified atom stereocenters. The van der Waals surface area contributed by atoms with Crippen LogP contribution in [0.3, 0.4) is 0 Å². The van der Waals surface area contributed by atoms with E-state index in [2.05, 4.69) is 19.7 Å². The summed E-state index contributed by atoms with van der Waals surface area (Å²) in [6.45, 7) is 0.566. The number of rotatable bonds is 4. The van der Waals surface area contributed by atoms with Gasteiger partial charge in [0.15, 0.2) is 23.1 Å². The average molecular weight is 382 g/mol. The molecule has 7 heteroatoms. The molecule has 148 valence electrons. The van der Waals surface area contributed by atoms with E-state index in [1.807, 2.05) is 18.2 Å². The Kier molecular flexibility index (Phi) is 4.25. The monoisotopic (exact) mass is 382 g/mol. The zero-order chi connectivity index (χ0) is 19.3. The van der Waals surface area contributed by atoms with E-state index in [9.17, 15) is 4.79 Å². The highest BCUT2D eigenvalue weighted by Crippen LogP contribution is 2.43. The van der Waals surface area contributed by atoms with Gasteiger partial charge in [-0.05, 0) is 43.9 Å². The smallest absolute Gasteiger partial charge is 0.226 e. The molecule has 2 atom stereocenters. The Hall–Kier alpha value is -2.57. The lowest BCUT2D eigenvalue weighted by Gasteiger charge is -2.45. The Balaban J connectivity index is 1.55. The van der Waals surface area contributed by atoms with Crippen molar-refractivity contribution in [2.24, 2.45) is 5.92 Å². The number of hydrogen-bond donors (Lipinski definition) is 0. The first-order chi connectivity index (χ1) is 13.7. The molecule has 0 N–H and O–H groups in total. The number of hydrogen-bond acceptors (Lipinski definition) is 5. The van der Waals surface area contributed by atoms with Gasteiger partial charge in [0.1, 0.15) is 0 Å². The molecule has 0 saturated heterocycles. The number of methoxy groups -OCH3 is 2. The van der Waals surface area contributed by atoms with Gasteiger partial charge in [-0.15, -0.1) is 10.2 Å². The predicted molar refractivity (Wildman–Crippen MR) is 103 cm³/mol. The minimum Gasteiger partial charge on any atom is -0.493 e. The van der Waals surface area contributed by atoms with Crippen LogP contribution in [0.4, 0.5) is 0 Å². The van der Waals surface area contributed by atoms with E-state index in [-0.39, 0.29) is 18.0 Å². The number of aromatic nitrogens is 3. The van der Waals surface area contributed by atoms with E-state index in [4.69, 9.17) is 9.47 Å². The summed E-state index contributed by atoms with van der Waals surface area (Å²) in [7, 11) is 3.27. The molecule has 1 amide bonds. The zero-order valence-electron chi connectivity index (χ0n) is 16.4. The molecule has 2 heterocycles. The van der Waals surface area contributed by atoms with Gasteiger partial charge in [-0.1, -0.05) is 12.8 Å². The quantitative estimate of drug-likeness (QED) is 0.812. The van der Waals surface area contributed by atoms with Crippen LogP contribution < -0.4 is 9.47 Å². The second-order valence-corrected chi connectivity index (χ2v) is 8.04. The van der Waals surface area contributed by atoms with Gasteiger partial charge in [-0.3, -0.25) is 4.79 Å². The maximum atomic E-state index is 12.9. The zero-order valence-corrected chi connectivity index (χ0v) is 16.4. The van der Waals surface area contributed by atoms with E-state index >= 15 is 0 Å². The van der Waals surface area contributed by atoms with Crippen molar-refractivity contribution in [2.75, 3.05) is 14.2 Å². The lowest BCUT2D eigenvalue weighted by Crippen LogP contribution is -2.51. The SMILES string of the molecule is COc1ccc(-c2nnc3n2[C@@H]2CCCC[C@@H]2N(C(=O)C2CC2)C3)cc1OC. The molecule has 3 aliphatic rings. The third kappa shape index (κ3) is 2.75. The highest BCUT2D eigenvalue weighted by molar-refractivity contribution is 5.81. The van der Waals surface area contributed by atoms with Gasteiger partial charge in [0.05, 0.1) is 32.8 Å². The van der Waals surface area contributed by atoms with Crippen molar-refractivity contribution < 1.29 is 14.3 Å². The third-order valence-corrected chi connectivity index (χ3v) is 6.36. The van der Waals surface area contributed by atoms with Gasteiger partial charge in [0.2, 0.25) is 5.91 Å². The molecule has 7 nitrogen and oxygen atoms in total. The van der Waals surface area contributed by atoms with Crippen molar-refractivity contribution >= 4 is 5.91 Å². The second kappa shape index (κ2) is 6.79. The van der Waals surface area contributed by atoms with Crippen molar-refractivity contribution in [3.05, 3.63) is 24.0 Å². The first-order valence-corrected chi connectivity index (χ1v) is 10.2. The third-order valence-electron chi connectivity index (χ3n) is 6.36. The van der Waals surface area contributed by atoms with Gasteiger partial charge in [0, 0.05) is 11.5 Å². The molecule has 2 fully saturated rings. The van der Waals surface area contributed by atoms with Crippen LogP contribution in [0.1, 0.15) is 50.4 Å². The number of ether oxygens (including phenoxy) is 2. The van der Waals surface area contributed by atoms with Crippen LogP contribution >= 0.6 is 0 Å². The molecule has 1 aromatic heterocycles. The summed E-state index contributed by atoms with van der Waals surface area (Å²) in [5.41, 5.74) is 0.961. The van der Waals surface area contributed by atoms with Gasteiger partial charge in [0.25, 0.3) is 0 Å². The molecule has 2 aliphatic carbocycles. The fraction of sp³-hybridized carbons (Fsp3) is 0.571. The van der Waals surface area contributed by atoms with E-state index in [1.165, 1.54) is 12.8 Å². The van der Waals surface area contributed by atoms with E-state index in [0.29, 0.717) is 24.0 Å². The summed E-state index contributed by atoms with van der Waals surface area (Å²) in [6, 6.07) is 6.36. The van der Waals surface area contributed by atoms with Crippen molar-refractivity contribution in [1.29, 1.82) is 0 Å². The lowest BCUT2D eigenvalue weighted by molar-refractivity contribution is -0.139. The van der Waals surface area contributed by atoms with Gasteiger partial charge < -0.3 is 18.9 Å². The average Bonchev–Trinajstić information content (AvgIpc) is 3.51. The maximum Gasteiger partial charge on any atom is 0.226 e. The fourth-order valence-electron chi connectivity index (χ4n) is 4.78. The van der Waals surface area contributed by atoms with Crippen molar-refractivity contribution in [3.63, 3.8) is 0 Å². The van der Waals surface area contributed by atoms with E-state index in [0.717, 1.165) is 42.9 Å². The van der Waals surface area contributed by atoms with Crippen LogP contribution in [0, 0.1) is 5.92 Å². The molecular formula is C21H26N4O3. The Bertz CT molecular complexity index is 905. The van der Waals surface area contributed by atoms with Gasteiger partial charge in [-0.25, -0.2) is 0 Å². The lowest BCUT2D eigenvalue weighted by atomic mass is 9.86. The molecule has 1 aliphatic heterocycles. The molecule has 2 saturated carbocycles. The number of carbonyl (C=O) groups excluding carboxylic acids is 1. The maximum absolute atomic E-state index is 12.9. The van der Waals surface area contributed by atoms with E-state index < -0.39 is 0 Å². The Morgan fingerprint density at radius 3 is 2.46 bits per heavy atom. The molecule has 28 heavy (non-hydrogen) atoms. The second-order valence-electron chi connectivity index (χ2n) is 8.04. The molecule has 0 spiro atoms. The van der Waals surface area contributed by atoms with E-state index in [1.54, 1.807) is 14.2 Å². The van der Waals surface area contributed by atoms with Crippen LogP contribution in [-0.4, -0.2) is 45.8 Å². The molecular weight excluding hydrogens is 356 g/mol. The molecule has 5 rings (SSSR count). The predicted octanol–water partition coefficient (Wildman–Crippen LogP) is 3.20. The Morgan fingerprint density at radius 2 is 1.75 bits per heavy atom. The summed E-state index contributed by atoms with van der Waals surface area (Å²) in [5.74, 6) is 3.68. The largest absolute Gasteiger partial charge is 0.493 e. The molecule has 0 radical (unpaired) electrons. The Morgan fingerprint density at radius 1 is 1.00 bits per heavy atom. The first-order valence-electron chi connectivity index (χ1n) is 10.2. The fourth-order valence-corrected chi connectivity index (χ4v) is 4.78. The summed E-state index contributed by atoms with van der Waals surface area (Å²) >= 11 is 0. The molecule has 1 aromatic carbocycles. The Labute approximate surface area is 164 Å². The van der Waals surface area contributed by atoms with Gasteiger partial charge >= 0.3 is 0 Å². The van der Waals surface area contributed by atoms with Crippen LogP contribution in [0.25, 0.3) is 11.4 Å². The summed E-state index contributed by atoms with van der Waals surface area (Å²) in [5, 5.41) is 9.00. The number of amides is 1. The van der Waals surface area contributed by atoms with Crippen molar-refractivity contribution in [2.45, 2.75) is 57.2 Å². The summed E-state index contributed by atoms with van der Waals surface area (Å²) < 4.78 is 13.1. The normalized spacial score (nSPS) is 23.7. The summed E-state index contributed by atoms with van der Waals surface area (Å²) in [4.78, 5) is 15.0. The number of carbonyl (C=O) groups is 1. The standard InChI is InChI=1S/C21H26N4O3/c1-27-17-10-9-14(11-18(17)28-2)20-23-22-19-12-24(21(26)13-7-8-13)15-5-3-4-6-16(15)25(19)20/h9-11,13,15-16H,3-8,12H2,1-2H3/t15-,16+/m0/s1. The minimum absolute atomic E-state index is 0.238. The summed E-state index contributed by atoms with van der Waals surface area (Å²) in [6.07, 6.45) is 6.55. The van der Waals surface area contributed by atoms with Crippen LogP contribution in [0.2, 0.25) is 0 Å². The number of fused-ring (bicyclic) bond motifs is 3. The van der Waals surface area contributed by atoms with Crippen LogP contribution in [0.5, 0.6) is 11.5 Å². The van der Waals surface area contributed by atoms with Crippen molar-refractivity contribution in [1.82, 2.24) is 19.7 Å². The minimum atomic E-state index is 0.238. The highest BCUT2D eigenvalue weighted by atomic mass is 16.5. The molecule has 0 bridgehead atoms. The highest BCUT2D eigenvalue weighted by Gasteiger charge is 2.44. The number of benzene rings is 1. The first kappa shape index (κ1) is 17.5. The molecule has 2 aromatic rings. The van der Waals surface area contributed by atoms with Crippen LogP contribution in [-0.2, 0) is 11.3 Å². The topological polar surface area (TPSA) is 69.5 Å². The van der Waals surface area contributed by atoms with Gasteiger partial charge in [-0.2, -0.15) is 0 Å². The van der Waals surface area contributed by atoms with Crippen molar-refractivity contribution in [3.8, 4) is 22.9 Å². The van der Waals surface area contributed by atoms with Crippen LogP contribution in [0.15, 0.2) is 18.2 Å². The number of nitrogens with zero attached hydrogens (tertiary/aromatic N) is 4.